The zero-order valence-corrected chi connectivity index (χ0v) is 15.4. The first-order valence-corrected chi connectivity index (χ1v) is 8.62. The zero-order chi connectivity index (χ0) is 18.7. The highest BCUT2D eigenvalue weighted by Gasteiger charge is 2.35. The third kappa shape index (κ3) is 3.71. The van der Waals surface area contributed by atoms with Crippen LogP contribution in [0.5, 0.6) is 5.75 Å². The number of nitrogens with zero attached hydrogens (tertiary/aromatic N) is 4. The van der Waals surface area contributed by atoms with Crippen LogP contribution in [0.3, 0.4) is 0 Å². The van der Waals surface area contributed by atoms with Crippen molar-refractivity contribution in [2.24, 2.45) is 0 Å². The van der Waals surface area contributed by atoms with E-state index in [9.17, 15) is 9.59 Å². The van der Waals surface area contributed by atoms with Crippen molar-refractivity contribution in [2.45, 2.75) is 25.9 Å². The molecule has 2 heterocycles. The van der Waals surface area contributed by atoms with Gasteiger partial charge in [0.15, 0.2) is 0 Å². The first-order chi connectivity index (χ1) is 12.4. The second-order valence-corrected chi connectivity index (χ2v) is 7.01. The number of rotatable bonds is 4. The van der Waals surface area contributed by atoms with E-state index in [0.29, 0.717) is 13.1 Å². The molecule has 1 fully saturated rings. The lowest BCUT2D eigenvalue weighted by atomic mass is 9.97. The molecule has 3 rings (SSSR count). The molecule has 0 saturated carbocycles. The maximum atomic E-state index is 12.6. The first-order valence-electron chi connectivity index (χ1n) is 8.62. The fraction of sp³-hybridized carbons (Fsp3) is 0.421. The number of anilines is 1. The summed E-state index contributed by atoms with van der Waals surface area (Å²) in [5.41, 5.74) is 0.478. The van der Waals surface area contributed by atoms with E-state index in [4.69, 9.17) is 4.74 Å². The summed E-state index contributed by atoms with van der Waals surface area (Å²) in [4.78, 5) is 32.2. The summed E-state index contributed by atoms with van der Waals surface area (Å²) in [5, 5.41) is 0. The van der Waals surface area contributed by atoms with Crippen molar-refractivity contribution in [2.75, 3.05) is 31.6 Å². The molecular formula is C19H24N4O3. The molecule has 0 bridgehead atoms. The molecule has 0 atom stereocenters. The van der Waals surface area contributed by atoms with Crippen molar-refractivity contribution in [3.63, 3.8) is 0 Å². The molecule has 0 N–H and O–H groups in total. The van der Waals surface area contributed by atoms with Crippen LogP contribution in [0.15, 0.2) is 47.5 Å². The predicted molar refractivity (Wildman–Crippen MR) is 99.5 cm³/mol. The van der Waals surface area contributed by atoms with E-state index in [0.717, 1.165) is 18.0 Å². The second kappa shape index (κ2) is 7.19. The molecule has 26 heavy (non-hydrogen) atoms. The molecule has 7 nitrogen and oxygen atoms in total. The lowest BCUT2D eigenvalue weighted by molar-refractivity contribution is -0.133. The van der Waals surface area contributed by atoms with E-state index in [-0.39, 0.29) is 18.0 Å². The number of ether oxygens (including phenoxy) is 1. The Morgan fingerprint density at radius 2 is 1.96 bits per heavy atom. The van der Waals surface area contributed by atoms with Gasteiger partial charge in [-0.05, 0) is 44.2 Å². The zero-order valence-electron chi connectivity index (χ0n) is 15.4. The number of benzene rings is 1. The number of hydrogen-bond donors (Lipinski definition) is 0. The molecule has 0 spiro atoms. The Labute approximate surface area is 152 Å². The van der Waals surface area contributed by atoms with Gasteiger partial charge < -0.3 is 14.5 Å². The molecule has 0 unspecified atom stereocenters. The fourth-order valence-corrected chi connectivity index (χ4v) is 3.36. The Morgan fingerprint density at radius 3 is 2.58 bits per heavy atom. The minimum Gasteiger partial charge on any atom is -0.497 e. The Balaban J connectivity index is 1.70. The van der Waals surface area contributed by atoms with Gasteiger partial charge in [0.2, 0.25) is 5.91 Å². The fourth-order valence-electron chi connectivity index (χ4n) is 3.36. The third-order valence-electron chi connectivity index (χ3n) is 4.73. The van der Waals surface area contributed by atoms with Crippen LogP contribution in [-0.4, -0.2) is 52.6 Å². The average molecular weight is 356 g/mol. The molecule has 1 amide bonds. The number of piperazine rings is 1. The molecule has 7 heteroatoms. The lowest BCUT2D eigenvalue weighted by Gasteiger charge is -2.48. The van der Waals surface area contributed by atoms with Crippen LogP contribution in [0.25, 0.3) is 0 Å². The number of methoxy groups -OCH3 is 1. The van der Waals surface area contributed by atoms with Crippen LogP contribution in [-0.2, 0) is 11.3 Å². The van der Waals surface area contributed by atoms with E-state index in [2.05, 4.69) is 23.7 Å². The van der Waals surface area contributed by atoms with Crippen LogP contribution in [0.4, 0.5) is 5.69 Å². The summed E-state index contributed by atoms with van der Waals surface area (Å²) in [6.45, 7) is 6.19. The van der Waals surface area contributed by atoms with E-state index >= 15 is 0 Å². The van der Waals surface area contributed by atoms with Gasteiger partial charge in [-0.25, -0.2) is 9.78 Å². The minimum absolute atomic E-state index is 0.0191. The summed E-state index contributed by atoms with van der Waals surface area (Å²) in [5.74, 6) is 0.754. The molecule has 1 aromatic carbocycles. The quantitative estimate of drug-likeness (QED) is 0.828. The standard InChI is InChI=1S/C19H24N4O3/c1-19(2)14-22(17(24)13-21-10-4-9-20-18(21)25)11-12-23(19)15-5-7-16(26-3)8-6-15/h4-10H,11-14H2,1-3H3. The smallest absolute Gasteiger partial charge is 0.347 e. The number of aromatic nitrogens is 2. The van der Waals surface area contributed by atoms with E-state index in [1.807, 2.05) is 29.2 Å². The van der Waals surface area contributed by atoms with Crippen molar-refractivity contribution < 1.29 is 9.53 Å². The summed E-state index contributed by atoms with van der Waals surface area (Å²) < 4.78 is 6.56. The van der Waals surface area contributed by atoms with Crippen molar-refractivity contribution in [3.05, 3.63) is 53.2 Å². The number of hydrogen-bond acceptors (Lipinski definition) is 5. The van der Waals surface area contributed by atoms with Crippen molar-refractivity contribution in [1.29, 1.82) is 0 Å². The number of carbonyl (C=O) groups excluding carboxylic acids is 1. The number of carbonyl (C=O) groups is 1. The predicted octanol–water partition coefficient (Wildman–Crippen LogP) is 1.38. The summed E-state index contributed by atoms with van der Waals surface area (Å²) in [6.07, 6.45) is 3.02. The van der Waals surface area contributed by atoms with Gasteiger partial charge in [0.05, 0.1) is 12.6 Å². The van der Waals surface area contributed by atoms with Gasteiger partial charge in [0.1, 0.15) is 12.3 Å². The molecule has 1 aliphatic heterocycles. The molecule has 138 valence electrons. The van der Waals surface area contributed by atoms with Gasteiger partial charge in [0.25, 0.3) is 0 Å². The Bertz CT molecular complexity index is 829. The minimum atomic E-state index is -0.406. The lowest BCUT2D eigenvalue weighted by Crippen LogP contribution is -2.61. The molecule has 1 aliphatic rings. The average Bonchev–Trinajstić information content (AvgIpc) is 2.63. The number of amides is 1. The molecule has 1 aromatic heterocycles. The largest absolute Gasteiger partial charge is 0.497 e. The van der Waals surface area contributed by atoms with Crippen molar-refractivity contribution in [1.82, 2.24) is 14.5 Å². The van der Waals surface area contributed by atoms with Crippen molar-refractivity contribution in [3.8, 4) is 5.75 Å². The maximum Gasteiger partial charge on any atom is 0.347 e. The first kappa shape index (κ1) is 18.0. The molecule has 1 saturated heterocycles. The normalized spacial score (nSPS) is 16.4. The van der Waals surface area contributed by atoms with Crippen molar-refractivity contribution >= 4 is 11.6 Å². The van der Waals surface area contributed by atoms with Gasteiger partial charge in [-0.15, -0.1) is 0 Å². The van der Waals surface area contributed by atoms with Gasteiger partial charge in [0, 0.05) is 37.7 Å². The Hall–Kier alpha value is -2.83. The topological polar surface area (TPSA) is 67.7 Å². The molecule has 0 aliphatic carbocycles. The highest BCUT2D eigenvalue weighted by atomic mass is 16.5. The Morgan fingerprint density at radius 1 is 1.23 bits per heavy atom. The second-order valence-electron chi connectivity index (χ2n) is 7.01. The monoisotopic (exact) mass is 356 g/mol. The highest BCUT2D eigenvalue weighted by molar-refractivity contribution is 5.76. The van der Waals surface area contributed by atoms with Crippen LogP contribution in [0.1, 0.15) is 13.8 Å². The SMILES string of the molecule is COc1ccc(N2CCN(C(=O)Cn3cccnc3=O)CC2(C)C)cc1. The van der Waals surface area contributed by atoms with Crippen LogP contribution >= 0.6 is 0 Å². The molecule has 0 radical (unpaired) electrons. The summed E-state index contributed by atoms with van der Waals surface area (Å²) in [6, 6.07) is 9.61. The van der Waals surface area contributed by atoms with Gasteiger partial charge in [-0.2, -0.15) is 0 Å². The summed E-state index contributed by atoms with van der Waals surface area (Å²) >= 11 is 0. The van der Waals surface area contributed by atoms with Gasteiger partial charge >= 0.3 is 5.69 Å². The van der Waals surface area contributed by atoms with Crippen LogP contribution in [0.2, 0.25) is 0 Å². The third-order valence-corrected chi connectivity index (χ3v) is 4.73. The van der Waals surface area contributed by atoms with Crippen LogP contribution in [0, 0.1) is 0 Å². The van der Waals surface area contributed by atoms with E-state index < -0.39 is 5.69 Å². The molecule has 2 aromatic rings. The Kier molecular flexibility index (Phi) is 4.97. The van der Waals surface area contributed by atoms with Gasteiger partial charge in [-0.1, -0.05) is 0 Å². The highest BCUT2D eigenvalue weighted by Crippen LogP contribution is 2.29. The van der Waals surface area contributed by atoms with Crippen LogP contribution < -0.4 is 15.3 Å². The van der Waals surface area contributed by atoms with Gasteiger partial charge in [-0.3, -0.25) is 9.36 Å². The van der Waals surface area contributed by atoms with E-state index in [1.165, 1.54) is 10.8 Å². The maximum absolute atomic E-state index is 12.6. The summed E-state index contributed by atoms with van der Waals surface area (Å²) in [7, 11) is 1.65. The van der Waals surface area contributed by atoms with E-state index in [1.54, 1.807) is 19.4 Å². The molecular weight excluding hydrogens is 332 g/mol.